The van der Waals surface area contributed by atoms with E-state index in [4.69, 9.17) is 4.74 Å². The number of ether oxygens (including phenoxy) is 1. The molecule has 144 valence electrons. The SMILES string of the molecule is COc1ccc(C)cc1NC(=O)c1cnc(N(C)C2CCS(=O)(=O)C2)nc1. The molecule has 1 fully saturated rings. The third-order valence-electron chi connectivity index (χ3n) is 4.58. The Balaban J connectivity index is 1.72. The van der Waals surface area contributed by atoms with Gasteiger partial charge in [-0.25, -0.2) is 18.4 Å². The first-order chi connectivity index (χ1) is 12.8. The first-order valence-corrected chi connectivity index (χ1v) is 10.3. The molecular weight excluding hydrogens is 368 g/mol. The van der Waals surface area contributed by atoms with E-state index >= 15 is 0 Å². The van der Waals surface area contributed by atoms with Gasteiger partial charge in [-0.3, -0.25) is 4.79 Å². The van der Waals surface area contributed by atoms with E-state index in [-0.39, 0.29) is 23.5 Å². The molecule has 0 radical (unpaired) electrons. The molecule has 1 aliphatic heterocycles. The number of hydrogen-bond donors (Lipinski definition) is 1. The highest BCUT2D eigenvalue weighted by atomic mass is 32.2. The maximum atomic E-state index is 12.5. The van der Waals surface area contributed by atoms with E-state index in [0.717, 1.165) is 5.56 Å². The summed E-state index contributed by atoms with van der Waals surface area (Å²) in [4.78, 5) is 22.7. The number of sulfone groups is 1. The number of methoxy groups -OCH3 is 1. The van der Waals surface area contributed by atoms with Crippen molar-refractivity contribution in [2.24, 2.45) is 0 Å². The number of carbonyl (C=O) groups is 1. The van der Waals surface area contributed by atoms with E-state index in [9.17, 15) is 13.2 Å². The molecular formula is C18H22N4O4S. The lowest BCUT2D eigenvalue weighted by Gasteiger charge is -2.23. The summed E-state index contributed by atoms with van der Waals surface area (Å²) in [6, 6.07) is 5.35. The van der Waals surface area contributed by atoms with E-state index in [1.54, 1.807) is 18.0 Å². The van der Waals surface area contributed by atoms with Gasteiger partial charge in [0, 0.05) is 25.5 Å². The lowest BCUT2D eigenvalue weighted by atomic mass is 10.2. The standard InChI is InChI=1S/C18H22N4O4S/c1-12-4-5-16(26-3)15(8-12)21-17(23)13-9-19-18(20-10-13)22(2)14-6-7-27(24,25)11-14/h4-5,8-10,14H,6-7,11H2,1-3H3,(H,21,23). The molecule has 1 unspecified atom stereocenters. The monoisotopic (exact) mass is 390 g/mol. The van der Waals surface area contributed by atoms with Crippen molar-refractivity contribution >= 4 is 27.4 Å². The summed E-state index contributed by atoms with van der Waals surface area (Å²) in [5.41, 5.74) is 1.86. The topological polar surface area (TPSA) is 101 Å². The molecule has 0 aliphatic carbocycles. The molecule has 1 aliphatic rings. The van der Waals surface area contributed by atoms with Crippen LogP contribution in [0.1, 0.15) is 22.3 Å². The fourth-order valence-corrected chi connectivity index (χ4v) is 4.75. The summed E-state index contributed by atoms with van der Waals surface area (Å²) >= 11 is 0. The third-order valence-corrected chi connectivity index (χ3v) is 6.33. The molecule has 1 atom stereocenters. The van der Waals surface area contributed by atoms with Crippen molar-refractivity contribution in [2.75, 3.05) is 35.9 Å². The Labute approximate surface area is 158 Å². The number of carbonyl (C=O) groups excluding carboxylic acids is 1. The molecule has 1 N–H and O–H groups in total. The minimum Gasteiger partial charge on any atom is -0.495 e. The second-order valence-corrected chi connectivity index (χ2v) is 8.83. The summed E-state index contributed by atoms with van der Waals surface area (Å²) < 4.78 is 28.5. The highest BCUT2D eigenvalue weighted by molar-refractivity contribution is 7.91. The Morgan fingerprint density at radius 2 is 2.00 bits per heavy atom. The largest absolute Gasteiger partial charge is 0.495 e. The van der Waals surface area contributed by atoms with Crippen molar-refractivity contribution in [3.63, 3.8) is 0 Å². The van der Waals surface area contributed by atoms with Crippen molar-refractivity contribution < 1.29 is 17.9 Å². The number of nitrogens with one attached hydrogen (secondary N) is 1. The van der Waals surface area contributed by atoms with Gasteiger partial charge < -0.3 is 15.0 Å². The van der Waals surface area contributed by atoms with Crippen LogP contribution in [0, 0.1) is 6.92 Å². The second kappa shape index (κ2) is 7.51. The maximum Gasteiger partial charge on any atom is 0.258 e. The molecule has 1 saturated heterocycles. The molecule has 0 spiro atoms. The number of hydrogen-bond acceptors (Lipinski definition) is 7. The molecule has 1 amide bonds. The molecule has 27 heavy (non-hydrogen) atoms. The lowest BCUT2D eigenvalue weighted by molar-refractivity contribution is 0.102. The van der Waals surface area contributed by atoms with E-state index < -0.39 is 9.84 Å². The molecule has 0 saturated carbocycles. The van der Waals surface area contributed by atoms with Gasteiger partial charge >= 0.3 is 0 Å². The van der Waals surface area contributed by atoms with Crippen molar-refractivity contribution in [3.8, 4) is 5.75 Å². The van der Waals surface area contributed by atoms with Gasteiger partial charge in [-0.2, -0.15) is 0 Å². The first-order valence-electron chi connectivity index (χ1n) is 8.50. The summed E-state index contributed by atoms with van der Waals surface area (Å²) in [5.74, 6) is 0.885. The lowest BCUT2D eigenvalue weighted by Crippen LogP contribution is -2.34. The fraction of sp³-hybridized carbons (Fsp3) is 0.389. The van der Waals surface area contributed by atoms with Crippen LogP contribution in [0.5, 0.6) is 5.75 Å². The molecule has 0 bridgehead atoms. The smallest absolute Gasteiger partial charge is 0.258 e. The van der Waals surface area contributed by atoms with Gasteiger partial charge in [0.15, 0.2) is 9.84 Å². The Bertz CT molecular complexity index is 944. The average Bonchev–Trinajstić information content (AvgIpc) is 3.01. The maximum absolute atomic E-state index is 12.5. The summed E-state index contributed by atoms with van der Waals surface area (Å²) in [6.45, 7) is 1.92. The second-order valence-electron chi connectivity index (χ2n) is 6.60. The molecule has 9 heteroatoms. The van der Waals surface area contributed by atoms with Gasteiger partial charge in [-0.15, -0.1) is 0 Å². The van der Waals surface area contributed by atoms with Crippen LogP contribution in [0.3, 0.4) is 0 Å². The van der Waals surface area contributed by atoms with Gasteiger partial charge in [-0.05, 0) is 31.0 Å². The molecule has 2 heterocycles. The van der Waals surface area contributed by atoms with Gasteiger partial charge in [0.05, 0.1) is 29.9 Å². The predicted octanol–water partition coefficient (Wildman–Crippen LogP) is 1.67. The van der Waals surface area contributed by atoms with Gasteiger partial charge in [0.1, 0.15) is 5.75 Å². The van der Waals surface area contributed by atoms with Crippen LogP contribution in [0.2, 0.25) is 0 Å². The van der Waals surface area contributed by atoms with E-state index in [2.05, 4.69) is 15.3 Å². The first kappa shape index (κ1) is 19.1. The fourth-order valence-electron chi connectivity index (χ4n) is 2.98. The summed E-state index contributed by atoms with van der Waals surface area (Å²) in [7, 11) is 0.313. The Kier molecular flexibility index (Phi) is 5.31. The highest BCUT2D eigenvalue weighted by Crippen LogP contribution is 2.26. The summed E-state index contributed by atoms with van der Waals surface area (Å²) in [5, 5.41) is 2.80. The quantitative estimate of drug-likeness (QED) is 0.828. The van der Waals surface area contributed by atoms with E-state index in [0.29, 0.717) is 29.4 Å². The third kappa shape index (κ3) is 4.36. The minimum atomic E-state index is -2.99. The zero-order chi connectivity index (χ0) is 19.6. The number of amides is 1. The zero-order valence-electron chi connectivity index (χ0n) is 15.5. The number of rotatable bonds is 5. The van der Waals surface area contributed by atoms with Crippen LogP contribution in [0.4, 0.5) is 11.6 Å². The van der Waals surface area contributed by atoms with Crippen molar-refractivity contribution in [2.45, 2.75) is 19.4 Å². The normalized spacial score (nSPS) is 18.1. The molecule has 8 nitrogen and oxygen atoms in total. The predicted molar refractivity (Wildman–Crippen MR) is 103 cm³/mol. The molecule has 1 aromatic heterocycles. The van der Waals surface area contributed by atoms with E-state index in [1.165, 1.54) is 19.5 Å². The van der Waals surface area contributed by atoms with Gasteiger partial charge in [0.25, 0.3) is 5.91 Å². The number of aromatic nitrogens is 2. The molecule has 2 aromatic rings. The Morgan fingerprint density at radius 1 is 1.30 bits per heavy atom. The molecule has 1 aromatic carbocycles. The minimum absolute atomic E-state index is 0.0995. The number of anilines is 2. The van der Waals surface area contributed by atoms with Crippen LogP contribution in [-0.4, -0.2) is 56.0 Å². The zero-order valence-corrected chi connectivity index (χ0v) is 16.3. The number of nitrogens with zero attached hydrogens (tertiary/aromatic N) is 3. The average molecular weight is 390 g/mol. The van der Waals surface area contributed by atoms with Crippen LogP contribution < -0.4 is 15.0 Å². The number of benzene rings is 1. The summed E-state index contributed by atoms with van der Waals surface area (Å²) in [6.07, 6.45) is 3.41. The van der Waals surface area contributed by atoms with Crippen molar-refractivity contribution in [3.05, 3.63) is 41.7 Å². The van der Waals surface area contributed by atoms with E-state index in [1.807, 2.05) is 19.1 Å². The Morgan fingerprint density at radius 3 is 2.59 bits per heavy atom. The molecule has 3 rings (SSSR count). The van der Waals surface area contributed by atoms with Gasteiger partial charge in [-0.1, -0.05) is 6.07 Å². The highest BCUT2D eigenvalue weighted by Gasteiger charge is 2.31. The Hall–Kier alpha value is -2.68. The number of aryl methyl sites for hydroxylation is 1. The van der Waals surface area contributed by atoms with Crippen LogP contribution in [0.25, 0.3) is 0 Å². The van der Waals surface area contributed by atoms with Gasteiger partial charge in [0.2, 0.25) is 5.95 Å². The van der Waals surface area contributed by atoms with Crippen LogP contribution in [-0.2, 0) is 9.84 Å². The van der Waals surface area contributed by atoms with Crippen molar-refractivity contribution in [1.29, 1.82) is 0 Å². The van der Waals surface area contributed by atoms with Crippen LogP contribution in [0.15, 0.2) is 30.6 Å². The van der Waals surface area contributed by atoms with Crippen molar-refractivity contribution in [1.82, 2.24) is 9.97 Å². The van der Waals surface area contributed by atoms with Crippen LogP contribution >= 0.6 is 0 Å².